The summed E-state index contributed by atoms with van der Waals surface area (Å²) in [6, 6.07) is 10.2. The molecule has 0 radical (unpaired) electrons. The molecule has 3 N–H and O–H groups in total. The molecule has 0 spiro atoms. The highest BCUT2D eigenvalue weighted by Crippen LogP contribution is 2.16. The molecule has 1 aromatic carbocycles. The minimum atomic E-state index is 0.433. The van der Waals surface area contributed by atoms with Gasteiger partial charge in [-0.3, -0.25) is 4.99 Å². The normalized spacial score (nSPS) is 11.6. The average Bonchev–Trinajstić information content (AvgIpc) is 2.75. The number of aryl methyl sites for hydroxylation is 2. The largest absolute Gasteiger partial charge is 0.370 e. The molecule has 0 saturated heterocycles. The van der Waals surface area contributed by atoms with Gasteiger partial charge in [0.15, 0.2) is 5.96 Å². The molecule has 1 aromatic heterocycles. The van der Waals surface area contributed by atoms with E-state index in [2.05, 4.69) is 33.6 Å². The van der Waals surface area contributed by atoms with Crippen LogP contribution in [0, 0.1) is 13.8 Å². The number of aromatic nitrogens is 2. The van der Waals surface area contributed by atoms with Gasteiger partial charge in [0.25, 0.3) is 0 Å². The number of hydrogen-bond acceptors (Lipinski definition) is 2. The first-order valence-corrected chi connectivity index (χ1v) is 6.19. The van der Waals surface area contributed by atoms with Crippen LogP contribution in [0.5, 0.6) is 0 Å². The molecular formula is C14H19N5. The van der Waals surface area contributed by atoms with Gasteiger partial charge < -0.3 is 11.1 Å². The topological polar surface area (TPSA) is 68.2 Å². The Kier molecular flexibility index (Phi) is 3.85. The third-order valence-corrected chi connectivity index (χ3v) is 2.93. The summed E-state index contributed by atoms with van der Waals surface area (Å²) in [5, 5.41) is 7.59. The van der Waals surface area contributed by atoms with Gasteiger partial charge in [-0.2, -0.15) is 5.10 Å². The lowest BCUT2D eigenvalue weighted by atomic mass is 10.1. The summed E-state index contributed by atoms with van der Waals surface area (Å²) in [4.78, 5) is 3.89. The fourth-order valence-corrected chi connectivity index (χ4v) is 2.00. The van der Waals surface area contributed by atoms with Crippen LogP contribution < -0.4 is 11.1 Å². The van der Waals surface area contributed by atoms with Crippen LogP contribution in [0.25, 0.3) is 5.69 Å². The molecule has 0 unspecified atom stereocenters. The lowest BCUT2D eigenvalue weighted by Crippen LogP contribution is -2.31. The predicted octanol–water partition coefficient (Wildman–Crippen LogP) is 1.52. The molecule has 5 nitrogen and oxygen atoms in total. The van der Waals surface area contributed by atoms with E-state index in [4.69, 9.17) is 5.73 Å². The molecule has 0 bridgehead atoms. The summed E-state index contributed by atoms with van der Waals surface area (Å²) >= 11 is 0. The van der Waals surface area contributed by atoms with Crippen molar-refractivity contribution in [3.63, 3.8) is 0 Å². The Balaban J connectivity index is 2.33. The first-order chi connectivity index (χ1) is 9.11. The van der Waals surface area contributed by atoms with Gasteiger partial charge in [0.05, 0.1) is 11.4 Å². The molecule has 2 aromatic rings. The van der Waals surface area contributed by atoms with Crippen molar-refractivity contribution >= 4 is 5.96 Å². The number of aliphatic imine (C=N–C) groups is 1. The fourth-order valence-electron chi connectivity index (χ4n) is 2.00. The van der Waals surface area contributed by atoms with Crippen molar-refractivity contribution in [2.45, 2.75) is 20.4 Å². The number of para-hydroxylation sites is 1. The third kappa shape index (κ3) is 2.93. The van der Waals surface area contributed by atoms with E-state index in [1.165, 1.54) is 0 Å². The molecule has 0 fully saturated rings. The highest BCUT2D eigenvalue weighted by molar-refractivity contribution is 5.77. The standard InChI is InChI=1S/C14H19N5/c1-10-8-11(2)19(18-10)13-7-5-4-6-12(13)9-17-14(15)16-3/h4-8H,9H2,1-3H3,(H3,15,16,17). The molecule has 0 atom stereocenters. The summed E-state index contributed by atoms with van der Waals surface area (Å²) in [5.41, 5.74) is 9.97. The van der Waals surface area contributed by atoms with Gasteiger partial charge >= 0.3 is 0 Å². The minimum Gasteiger partial charge on any atom is -0.370 e. The smallest absolute Gasteiger partial charge is 0.188 e. The maximum Gasteiger partial charge on any atom is 0.188 e. The van der Waals surface area contributed by atoms with E-state index in [1.807, 2.05) is 30.7 Å². The number of benzene rings is 1. The number of nitrogens with zero attached hydrogens (tertiary/aromatic N) is 3. The SMILES string of the molecule is CN=C(N)NCc1ccccc1-n1nc(C)cc1C. The molecule has 2 rings (SSSR count). The molecule has 0 aliphatic heterocycles. The van der Waals surface area contributed by atoms with Gasteiger partial charge in [-0.15, -0.1) is 0 Å². The maximum absolute atomic E-state index is 5.66. The zero-order valence-electron chi connectivity index (χ0n) is 11.5. The zero-order chi connectivity index (χ0) is 13.8. The van der Waals surface area contributed by atoms with Crippen molar-refractivity contribution in [1.82, 2.24) is 15.1 Å². The molecule has 0 aliphatic carbocycles. The Morgan fingerprint density at radius 2 is 2.11 bits per heavy atom. The van der Waals surface area contributed by atoms with E-state index in [-0.39, 0.29) is 0 Å². The second kappa shape index (κ2) is 5.56. The molecule has 100 valence electrons. The first-order valence-electron chi connectivity index (χ1n) is 6.19. The van der Waals surface area contributed by atoms with Crippen LogP contribution in [0.1, 0.15) is 17.0 Å². The number of nitrogens with two attached hydrogens (primary N) is 1. The van der Waals surface area contributed by atoms with E-state index < -0.39 is 0 Å². The van der Waals surface area contributed by atoms with Crippen molar-refractivity contribution in [3.8, 4) is 5.69 Å². The van der Waals surface area contributed by atoms with Crippen molar-refractivity contribution in [2.24, 2.45) is 10.7 Å². The van der Waals surface area contributed by atoms with Gasteiger partial charge in [-0.05, 0) is 31.5 Å². The first kappa shape index (κ1) is 13.1. The highest BCUT2D eigenvalue weighted by atomic mass is 15.3. The summed E-state index contributed by atoms with van der Waals surface area (Å²) in [6.07, 6.45) is 0. The van der Waals surface area contributed by atoms with Gasteiger partial charge in [-0.1, -0.05) is 18.2 Å². The van der Waals surface area contributed by atoms with Gasteiger partial charge in [0.1, 0.15) is 0 Å². The third-order valence-electron chi connectivity index (χ3n) is 2.93. The van der Waals surface area contributed by atoms with E-state index in [9.17, 15) is 0 Å². The Bertz CT molecular complexity index is 598. The van der Waals surface area contributed by atoms with E-state index in [0.717, 1.165) is 22.6 Å². The summed E-state index contributed by atoms with van der Waals surface area (Å²) < 4.78 is 1.95. The number of rotatable bonds is 3. The van der Waals surface area contributed by atoms with Crippen LogP contribution in [0.3, 0.4) is 0 Å². The molecule has 1 heterocycles. The van der Waals surface area contributed by atoms with Crippen molar-refractivity contribution in [1.29, 1.82) is 0 Å². The molecule has 0 amide bonds. The summed E-state index contributed by atoms with van der Waals surface area (Å²) in [5.74, 6) is 0.433. The van der Waals surface area contributed by atoms with Crippen LogP contribution in [0.2, 0.25) is 0 Å². The molecule has 0 saturated carbocycles. The van der Waals surface area contributed by atoms with Gasteiger partial charge in [-0.25, -0.2) is 4.68 Å². The quantitative estimate of drug-likeness (QED) is 0.647. The van der Waals surface area contributed by atoms with Crippen LogP contribution >= 0.6 is 0 Å². The van der Waals surface area contributed by atoms with Crippen LogP contribution in [-0.4, -0.2) is 22.8 Å². The number of nitrogens with one attached hydrogen (secondary N) is 1. The lowest BCUT2D eigenvalue weighted by Gasteiger charge is -2.12. The van der Waals surface area contributed by atoms with Crippen LogP contribution in [-0.2, 0) is 6.54 Å². The Morgan fingerprint density at radius 3 is 2.74 bits per heavy atom. The van der Waals surface area contributed by atoms with Crippen molar-refractivity contribution < 1.29 is 0 Å². The molecular weight excluding hydrogens is 238 g/mol. The van der Waals surface area contributed by atoms with Crippen LogP contribution in [0.15, 0.2) is 35.3 Å². The Hall–Kier alpha value is -2.30. The predicted molar refractivity (Wildman–Crippen MR) is 77.4 cm³/mol. The second-order valence-electron chi connectivity index (χ2n) is 4.43. The monoisotopic (exact) mass is 257 g/mol. The molecule has 5 heteroatoms. The Morgan fingerprint density at radius 1 is 1.37 bits per heavy atom. The molecule has 19 heavy (non-hydrogen) atoms. The highest BCUT2D eigenvalue weighted by Gasteiger charge is 2.08. The van der Waals surface area contributed by atoms with Crippen molar-refractivity contribution in [2.75, 3.05) is 7.05 Å². The van der Waals surface area contributed by atoms with E-state index in [0.29, 0.717) is 12.5 Å². The maximum atomic E-state index is 5.66. The van der Waals surface area contributed by atoms with E-state index >= 15 is 0 Å². The second-order valence-corrected chi connectivity index (χ2v) is 4.43. The Labute approximate surface area is 113 Å². The van der Waals surface area contributed by atoms with Gasteiger partial charge in [0.2, 0.25) is 0 Å². The number of guanidine groups is 1. The fraction of sp³-hybridized carbons (Fsp3) is 0.286. The van der Waals surface area contributed by atoms with Crippen molar-refractivity contribution in [3.05, 3.63) is 47.3 Å². The minimum absolute atomic E-state index is 0.433. The summed E-state index contributed by atoms with van der Waals surface area (Å²) in [6.45, 7) is 4.66. The molecule has 0 aliphatic rings. The zero-order valence-corrected chi connectivity index (χ0v) is 11.5. The van der Waals surface area contributed by atoms with Gasteiger partial charge in [0, 0.05) is 19.3 Å². The average molecular weight is 257 g/mol. The van der Waals surface area contributed by atoms with E-state index in [1.54, 1.807) is 7.05 Å². The lowest BCUT2D eigenvalue weighted by molar-refractivity contribution is 0.803. The number of hydrogen-bond donors (Lipinski definition) is 2. The van der Waals surface area contributed by atoms with Crippen LogP contribution in [0.4, 0.5) is 0 Å². The summed E-state index contributed by atoms with van der Waals surface area (Å²) in [7, 11) is 1.66.